The van der Waals surface area contributed by atoms with Crippen LogP contribution in [0.5, 0.6) is 11.5 Å². The molecule has 0 spiro atoms. The predicted molar refractivity (Wildman–Crippen MR) is 110 cm³/mol. The van der Waals surface area contributed by atoms with Crippen molar-refractivity contribution in [1.82, 2.24) is 4.98 Å². The minimum absolute atomic E-state index is 0.217. The van der Waals surface area contributed by atoms with Gasteiger partial charge in [0.05, 0.1) is 25.5 Å². The molecular weight excluding hydrogens is 354 g/mol. The van der Waals surface area contributed by atoms with Gasteiger partial charge in [0.1, 0.15) is 11.5 Å². The summed E-state index contributed by atoms with van der Waals surface area (Å²) in [5.74, 6) is 1.39. The third-order valence-corrected chi connectivity index (χ3v) is 4.26. The number of aromatic nitrogens is 1. The molecule has 2 N–H and O–H groups in total. The number of nitrogens with one attached hydrogen (secondary N) is 2. The summed E-state index contributed by atoms with van der Waals surface area (Å²) in [5.41, 5.74) is 3.09. The maximum atomic E-state index is 12.5. The normalized spacial score (nSPS) is 10.2. The molecule has 0 saturated heterocycles. The lowest BCUT2D eigenvalue weighted by molar-refractivity contribution is 0.102. The second-order valence-corrected chi connectivity index (χ2v) is 6.13. The smallest absolute Gasteiger partial charge is 0.257 e. The van der Waals surface area contributed by atoms with Gasteiger partial charge in [-0.2, -0.15) is 0 Å². The Morgan fingerprint density at radius 1 is 0.964 bits per heavy atom. The number of hydrogen-bond acceptors (Lipinski definition) is 5. The van der Waals surface area contributed by atoms with Crippen molar-refractivity contribution in [3.63, 3.8) is 0 Å². The van der Waals surface area contributed by atoms with Gasteiger partial charge >= 0.3 is 0 Å². The van der Waals surface area contributed by atoms with Crippen LogP contribution in [0.4, 0.5) is 11.4 Å². The van der Waals surface area contributed by atoms with Crippen molar-refractivity contribution >= 4 is 17.3 Å². The Balaban J connectivity index is 1.59. The van der Waals surface area contributed by atoms with E-state index in [4.69, 9.17) is 9.47 Å². The molecule has 0 saturated carbocycles. The number of ether oxygens (including phenoxy) is 2. The van der Waals surface area contributed by atoms with E-state index in [0.29, 0.717) is 17.8 Å². The molecular formula is C22H23N3O3. The van der Waals surface area contributed by atoms with E-state index in [2.05, 4.69) is 15.6 Å². The Bertz CT molecular complexity index is 926. The van der Waals surface area contributed by atoms with Gasteiger partial charge in [-0.05, 0) is 48.4 Å². The summed E-state index contributed by atoms with van der Waals surface area (Å²) in [6.07, 6.45) is 4.04. The quantitative estimate of drug-likeness (QED) is 0.621. The van der Waals surface area contributed by atoms with E-state index in [9.17, 15) is 4.79 Å². The van der Waals surface area contributed by atoms with E-state index in [1.165, 1.54) is 0 Å². The monoisotopic (exact) mass is 377 g/mol. The molecule has 0 unspecified atom stereocenters. The number of carbonyl (C=O) groups is 1. The highest BCUT2D eigenvalue weighted by atomic mass is 16.5. The highest BCUT2D eigenvalue weighted by molar-refractivity contribution is 6.04. The number of rotatable bonds is 8. The van der Waals surface area contributed by atoms with Gasteiger partial charge in [-0.15, -0.1) is 0 Å². The van der Waals surface area contributed by atoms with Crippen LogP contribution in [0.3, 0.4) is 0 Å². The van der Waals surface area contributed by atoms with Crippen LogP contribution in [0.2, 0.25) is 0 Å². The van der Waals surface area contributed by atoms with Crippen molar-refractivity contribution in [1.29, 1.82) is 0 Å². The zero-order chi connectivity index (χ0) is 19.8. The maximum absolute atomic E-state index is 12.5. The van der Waals surface area contributed by atoms with E-state index in [1.54, 1.807) is 56.9 Å². The van der Waals surface area contributed by atoms with Gasteiger partial charge in [0.15, 0.2) is 0 Å². The van der Waals surface area contributed by atoms with Crippen LogP contribution in [0.25, 0.3) is 0 Å². The lowest BCUT2D eigenvalue weighted by atomic mass is 10.1. The Morgan fingerprint density at radius 2 is 1.75 bits per heavy atom. The zero-order valence-corrected chi connectivity index (χ0v) is 15.9. The van der Waals surface area contributed by atoms with Crippen LogP contribution in [0.15, 0.2) is 67.0 Å². The Labute approximate surface area is 164 Å². The summed E-state index contributed by atoms with van der Waals surface area (Å²) < 4.78 is 10.5. The Morgan fingerprint density at radius 3 is 2.50 bits per heavy atom. The first kappa shape index (κ1) is 19.2. The van der Waals surface area contributed by atoms with Crippen LogP contribution in [0, 0.1) is 0 Å². The van der Waals surface area contributed by atoms with E-state index < -0.39 is 0 Å². The Kier molecular flexibility index (Phi) is 6.46. The zero-order valence-electron chi connectivity index (χ0n) is 15.9. The summed E-state index contributed by atoms with van der Waals surface area (Å²) in [7, 11) is 3.27. The molecule has 0 fully saturated rings. The molecule has 144 valence electrons. The predicted octanol–water partition coefficient (Wildman–Crippen LogP) is 4.01. The SMILES string of the molecule is COc1ccc(NC(=O)c2cncc(NCCc3ccccc3OC)c2)cc1. The van der Waals surface area contributed by atoms with Gasteiger partial charge in [-0.1, -0.05) is 18.2 Å². The fourth-order valence-corrected chi connectivity index (χ4v) is 2.79. The number of hydrogen-bond donors (Lipinski definition) is 2. The molecule has 28 heavy (non-hydrogen) atoms. The number of carbonyl (C=O) groups excluding carboxylic acids is 1. The van der Waals surface area contributed by atoms with Crippen molar-refractivity contribution in [2.75, 3.05) is 31.4 Å². The van der Waals surface area contributed by atoms with Crippen LogP contribution in [-0.2, 0) is 6.42 Å². The first-order chi connectivity index (χ1) is 13.7. The molecule has 2 aromatic carbocycles. The molecule has 3 rings (SSSR count). The largest absolute Gasteiger partial charge is 0.497 e. The maximum Gasteiger partial charge on any atom is 0.257 e. The molecule has 6 heteroatoms. The third-order valence-electron chi connectivity index (χ3n) is 4.26. The fourth-order valence-electron chi connectivity index (χ4n) is 2.79. The van der Waals surface area contributed by atoms with E-state index in [1.807, 2.05) is 24.3 Å². The molecule has 0 aliphatic rings. The van der Waals surface area contributed by atoms with Crippen molar-refractivity contribution in [2.45, 2.75) is 6.42 Å². The minimum Gasteiger partial charge on any atom is -0.497 e. The minimum atomic E-state index is -0.217. The van der Waals surface area contributed by atoms with Gasteiger partial charge in [0.2, 0.25) is 0 Å². The van der Waals surface area contributed by atoms with Crippen LogP contribution in [-0.4, -0.2) is 31.7 Å². The van der Waals surface area contributed by atoms with Gasteiger partial charge in [0.25, 0.3) is 5.91 Å². The van der Waals surface area contributed by atoms with E-state index >= 15 is 0 Å². The molecule has 0 bridgehead atoms. The van der Waals surface area contributed by atoms with Gasteiger partial charge in [-0.25, -0.2) is 0 Å². The molecule has 0 aliphatic heterocycles. The summed E-state index contributed by atoms with van der Waals surface area (Å²) in [6.45, 7) is 0.700. The second kappa shape index (κ2) is 9.41. The van der Waals surface area contributed by atoms with Gasteiger partial charge < -0.3 is 20.1 Å². The van der Waals surface area contributed by atoms with Crippen molar-refractivity contribution in [3.05, 3.63) is 78.1 Å². The van der Waals surface area contributed by atoms with Gasteiger partial charge in [-0.3, -0.25) is 9.78 Å². The molecule has 0 aliphatic carbocycles. The summed E-state index contributed by atoms with van der Waals surface area (Å²) in [6, 6.07) is 16.9. The first-order valence-corrected chi connectivity index (χ1v) is 8.96. The van der Waals surface area contributed by atoms with E-state index in [-0.39, 0.29) is 5.91 Å². The number of pyridine rings is 1. The molecule has 1 amide bonds. The fraction of sp³-hybridized carbons (Fsp3) is 0.182. The van der Waals surface area contributed by atoms with Crippen molar-refractivity contribution in [3.8, 4) is 11.5 Å². The van der Waals surface area contributed by atoms with E-state index in [0.717, 1.165) is 29.2 Å². The second-order valence-electron chi connectivity index (χ2n) is 6.13. The average molecular weight is 377 g/mol. The first-order valence-electron chi connectivity index (χ1n) is 8.96. The lowest BCUT2D eigenvalue weighted by Crippen LogP contribution is -2.13. The molecule has 0 radical (unpaired) electrons. The van der Waals surface area contributed by atoms with Crippen molar-refractivity contribution in [2.24, 2.45) is 0 Å². The lowest BCUT2D eigenvalue weighted by Gasteiger charge is -2.11. The Hall–Kier alpha value is -3.54. The van der Waals surface area contributed by atoms with Crippen molar-refractivity contribution < 1.29 is 14.3 Å². The topological polar surface area (TPSA) is 72.5 Å². The number of anilines is 2. The van der Waals surface area contributed by atoms with Crippen LogP contribution in [0.1, 0.15) is 15.9 Å². The number of amides is 1. The third kappa shape index (κ3) is 5.01. The molecule has 1 heterocycles. The average Bonchev–Trinajstić information content (AvgIpc) is 2.75. The standard InChI is InChI=1S/C22H23N3O3/c1-27-20-9-7-18(8-10-20)25-22(26)17-13-19(15-23-14-17)24-12-11-16-5-3-4-6-21(16)28-2/h3-10,13-15,24H,11-12H2,1-2H3,(H,25,26). The molecule has 3 aromatic rings. The number of nitrogens with zero attached hydrogens (tertiary/aromatic N) is 1. The molecule has 6 nitrogen and oxygen atoms in total. The number of para-hydroxylation sites is 1. The van der Waals surface area contributed by atoms with Crippen LogP contribution >= 0.6 is 0 Å². The van der Waals surface area contributed by atoms with Gasteiger partial charge in [0, 0.05) is 24.6 Å². The molecule has 0 atom stereocenters. The number of benzene rings is 2. The summed E-state index contributed by atoms with van der Waals surface area (Å²) >= 11 is 0. The van der Waals surface area contributed by atoms with Crippen LogP contribution < -0.4 is 20.1 Å². The number of methoxy groups -OCH3 is 2. The summed E-state index contributed by atoms with van der Waals surface area (Å²) in [5, 5.41) is 6.16. The summed E-state index contributed by atoms with van der Waals surface area (Å²) in [4.78, 5) is 16.6. The molecule has 1 aromatic heterocycles. The highest BCUT2D eigenvalue weighted by Crippen LogP contribution is 2.19. The highest BCUT2D eigenvalue weighted by Gasteiger charge is 2.08.